The number of rotatable bonds is 6. The second kappa shape index (κ2) is 8.59. The van der Waals surface area contributed by atoms with Crippen molar-refractivity contribution in [3.63, 3.8) is 0 Å². The number of para-hydroxylation sites is 1. The van der Waals surface area contributed by atoms with Crippen LogP contribution in [0.3, 0.4) is 0 Å². The standard InChI is InChI=1S/C21H23Cl2N3O3S/c1-13-14(15-7-5-6-8-19(15)26(13)4)9-10-24-21(27)16-11-20(18(23)12-17(16)22)30(28,29)25(2)3/h5-8,11-12H,9-10H2,1-4H3,(H,24,27). The van der Waals surface area contributed by atoms with Crippen LogP contribution in [0.4, 0.5) is 0 Å². The third-order valence-corrected chi connectivity index (χ3v) is 7.81. The molecule has 0 aliphatic heterocycles. The Balaban J connectivity index is 1.82. The Kier molecular flexibility index (Phi) is 6.48. The van der Waals surface area contributed by atoms with Crippen LogP contribution < -0.4 is 5.32 Å². The zero-order valence-corrected chi connectivity index (χ0v) is 19.5. The number of carbonyl (C=O) groups excluding carboxylic acids is 1. The summed E-state index contributed by atoms with van der Waals surface area (Å²) < 4.78 is 28.1. The fourth-order valence-electron chi connectivity index (χ4n) is 3.41. The molecule has 0 saturated carbocycles. The van der Waals surface area contributed by atoms with E-state index in [0.29, 0.717) is 13.0 Å². The van der Waals surface area contributed by atoms with Crippen LogP contribution in [-0.4, -0.2) is 43.8 Å². The third kappa shape index (κ3) is 4.07. The number of amides is 1. The zero-order valence-electron chi connectivity index (χ0n) is 17.2. The number of nitrogens with zero attached hydrogens (tertiary/aromatic N) is 2. The van der Waals surface area contributed by atoms with Crippen LogP contribution in [0.15, 0.2) is 41.3 Å². The first-order valence-electron chi connectivity index (χ1n) is 9.28. The van der Waals surface area contributed by atoms with Crippen LogP contribution in [-0.2, 0) is 23.5 Å². The highest BCUT2D eigenvalue weighted by Crippen LogP contribution is 2.30. The molecule has 0 bridgehead atoms. The third-order valence-electron chi connectivity index (χ3n) is 5.22. The van der Waals surface area contributed by atoms with Gasteiger partial charge in [-0.3, -0.25) is 4.79 Å². The van der Waals surface area contributed by atoms with Gasteiger partial charge >= 0.3 is 0 Å². The summed E-state index contributed by atoms with van der Waals surface area (Å²) in [5.41, 5.74) is 3.49. The zero-order chi connectivity index (χ0) is 22.2. The second-order valence-corrected chi connectivity index (χ2v) is 10.1. The number of sulfonamides is 1. The van der Waals surface area contributed by atoms with E-state index in [1.807, 2.05) is 26.1 Å². The van der Waals surface area contributed by atoms with Crippen molar-refractivity contribution >= 4 is 50.0 Å². The molecule has 1 aromatic heterocycles. The molecule has 1 amide bonds. The summed E-state index contributed by atoms with van der Waals surface area (Å²) in [4.78, 5) is 12.6. The van der Waals surface area contributed by atoms with Gasteiger partial charge in [0.1, 0.15) is 4.90 Å². The van der Waals surface area contributed by atoms with Crippen molar-refractivity contribution in [1.82, 2.24) is 14.2 Å². The van der Waals surface area contributed by atoms with Gasteiger partial charge in [-0.15, -0.1) is 0 Å². The molecule has 3 aromatic rings. The topological polar surface area (TPSA) is 71.4 Å². The van der Waals surface area contributed by atoms with E-state index < -0.39 is 15.9 Å². The number of aryl methyl sites for hydroxylation is 1. The highest BCUT2D eigenvalue weighted by atomic mass is 35.5. The minimum absolute atomic E-state index is 0.0309. The Morgan fingerprint density at radius 3 is 2.47 bits per heavy atom. The van der Waals surface area contributed by atoms with Crippen LogP contribution in [0.5, 0.6) is 0 Å². The van der Waals surface area contributed by atoms with Crippen LogP contribution in [0.1, 0.15) is 21.6 Å². The Hall–Kier alpha value is -2.06. The van der Waals surface area contributed by atoms with Gasteiger partial charge in [0, 0.05) is 44.3 Å². The monoisotopic (exact) mass is 467 g/mol. The largest absolute Gasteiger partial charge is 0.352 e. The lowest BCUT2D eigenvalue weighted by Crippen LogP contribution is -2.27. The smallest absolute Gasteiger partial charge is 0.252 e. The molecule has 2 aromatic carbocycles. The lowest BCUT2D eigenvalue weighted by molar-refractivity contribution is 0.0954. The van der Waals surface area contributed by atoms with Gasteiger partial charge in [0.15, 0.2) is 0 Å². The van der Waals surface area contributed by atoms with E-state index in [9.17, 15) is 13.2 Å². The van der Waals surface area contributed by atoms with Gasteiger partial charge in [-0.2, -0.15) is 0 Å². The number of benzene rings is 2. The maximum Gasteiger partial charge on any atom is 0.252 e. The minimum Gasteiger partial charge on any atom is -0.352 e. The second-order valence-electron chi connectivity index (χ2n) is 7.20. The molecule has 0 radical (unpaired) electrons. The molecule has 0 aliphatic rings. The lowest BCUT2D eigenvalue weighted by atomic mass is 10.1. The normalized spacial score (nSPS) is 12.0. The van der Waals surface area contributed by atoms with Crippen molar-refractivity contribution in [2.75, 3.05) is 20.6 Å². The summed E-state index contributed by atoms with van der Waals surface area (Å²) in [7, 11) is 0.994. The summed E-state index contributed by atoms with van der Waals surface area (Å²) in [5.74, 6) is -0.454. The van der Waals surface area contributed by atoms with Gasteiger partial charge in [0.25, 0.3) is 5.91 Å². The van der Waals surface area contributed by atoms with E-state index in [1.54, 1.807) is 0 Å². The van der Waals surface area contributed by atoms with Crippen molar-refractivity contribution in [1.29, 1.82) is 0 Å². The first kappa shape index (κ1) is 22.6. The Morgan fingerprint density at radius 2 is 1.80 bits per heavy atom. The molecular weight excluding hydrogens is 445 g/mol. The molecule has 0 aliphatic carbocycles. The lowest BCUT2D eigenvalue weighted by Gasteiger charge is -2.15. The number of carbonyl (C=O) groups is 1. The number of hydrogen-bond donors (Lipinski definition) is 1. The van der Waals surface area contributed by atoms with Crippen LogP contribution in [0.2, 0.25) is 10.0 Å². The van der Waals surface area contributed by atoms with E-state index in [0.717, 1.165) is 26.5 Å². The predicted octanol–water partition coefficient (Wildman–Crippen LogP) is 4.02. The van der Waals surface area contributed by atoms with Crippen LogP contribution in [0, 0.1) is 6.92 Å². The number of nitrogens with one attached hydrogen (secondary N) is 1. The van der Waals surface area contributed by atoms with Gasteiger partial charge in [-0.05, 0) is 37.1 Å². The number of halogens is 2. The van der Waals surface area contributed by atoms with Gasteiger partial charge in [-0.25, -0.2) is 12.7 Å². The highest BCUT2D eigenvalue weighted by molar-refractivity contribution is 7.89. The Morgan fingerprint density at radius 1 is 1.13 bits per heavy atom. The average Bonchev–Trinajstić information content (AvgIpc) is 2.92. The molecule has 0 fully saturated rings. The van der Waals surface area contributed by atoms with Gasteiger partial charge in [0.2, 0.25) is 10.0 Å². The minimum atomic E-state index is -3.81. The van der Waals surface area contributed by atoms with Crippen molar-refractivity contribution in [3.05, 3.63) is 63.3 Å². The number of aromatic nitrogens is 1. The van der Waals surface area contributed by atoms with Crippen molar-refractivity contribution in [2.24, 2.45) is 7.05 Å². The molecule has 0 spiro atoms. The first-order chi connectivity index (χ1) is 14.1. The molecule has 3 rings (SSSR count). The van der Waals surface area contributed by atoms with Crippen molar-refractivity contribution in [2.45, 2.75) is 18.2 Å². The molecule has 30 heavy (non-hydrogen) atoms. The summed E-state index contributed by atoms with van der Waals surface area (Å²) in [6.45, 7) is 2.42. The summed E-state index contributed by atoms with van der Waals surface area (Å²) >= 11 is 12.2. The maximum atomic E-state index is 12.7. The Bertz CT molecular complexity index is 1230. The Labute approximate surface area is 186 Å². The molecule has 9 heteroatoms. The molecular formula is C21H23Cl2N3O3S. The maximum absolute atomic E-state index is 12.7. The molecule has 0 unspecified atom stereocenters. The molecule has 160 valence electrons. The fraction of sp³-hybridized carbons (Fsp3) is 0.286. The summed E-state index contributed by atoms with van der Waals surface area (Å²) in [6.07, 6.45) is 0.632. The molecule has 1 heterocycles. The predicted molar refractivity (Wildman–Crippen MR) is 121 cm³/mol. The number of hydrogen-bond acceptors (Lipinski definition) is 3. The van der Waals surface area contributed by atoms with Crippen LogP contribution in [0.25, 0.3) is 10.9 Å². The molecule has 1 N–H and O–H groups in total. The SMILES string of the molecule is Cc1c(CCNC(=O)c2cc(S(=O)(=O)N(C)C)c(Cl)cc2Cl)c2ccccc2n1C. The van der Waals surface area contributed by atoms with Gasteiger partial charge in [-0.1, -0.05) is 41.4 Å². The van der Waals surface area contributed by atoms with Crippen molar-refractivity contribution in [3.8, 4) is 0 Å². The van der Waals surface area contributed by atoms with Gasteiger partial charge < -0.3 is 9.88 Å². The average molecular weight is 468 g/mol. The fourth-order valence-corrected chi connectivity index (χ4v) is 5.14. The first-order valence-corrected chi connectivity index (χ1v) is 11.5. The quantitative estimate of drug-likeness (QED) is 0.594. The highest BCUT2D eigenvalue weighted by Gasteiger charge is 2.24. The van der Waals surface area contributed by atoms with E-state index >= 15 is 0 Å². The van der Waals surface area contributed by atoms with Crippen molar-refractivity contribution < 1.29 is 13.2 Å². The van der Waals surface area contributed by atoms with Gasteiger partial charge in [0.05, 0.1) is 15.6 Å². The summed E-state index contributed by atoms with van der Waals surface area (Å²) in [5, 5.41) is 4.04. The molecule has 6 nitrogen and oxygen atoms in total. The van der Waals surface area contributed by atoms with E-state index in [-0.39, 0.29) is 20.5 Å². The van der Waals surface area contributed by atoms with E-state index in [2.05, 4.69) is 22.0 Å². The molecule has 0 saturated heterocycles. The summed E-state index contributed by atoms with van der Waals surface area (Å²) in [6, 6.07) is 10.6. The van der Waals surface area contributed by atoms with E-state index in [4.69, 9.17) is 23.2 Å². The molecule has 0 atom stereocenters. The van der Waals surface area contributed by atoms with Crippen LogP contribution >= 0.6 is 23.2 Å². The number of fused-ring (bicyclic) bond motifs is 1. The van der Waals surface area contributed by atoms with E-state index in [1.165, 1.54) is 26.2 Å².